The molecule has 0 spiro atoms. The summed E-state index contributed by atoms with van der Waals surface area (Å²) in [5, 5.41) is 17.2. The minimum absolute atomic E-state index is 0.441. The zero-order chi connectivity index (χ0) is 16.4. The molecule has 118 valence electrons. The SMILES string of the molecule is N#CCc1ccc(-n2nc(-c3ccccc3)c3c2CCNC3)cc1. The van der Waals surface area contributed by atoms with Crippen molar-refractivity contribution in [1.82, 2.24) is 15.1 Å². The predicted octanol–water partition coefficient (Wildman–Crippen LogP) is 3.25. The van der Waals surface area contributed by atoms with Crippen LogP contribution in [0.25, 0.3) is 16.9 Å². The van der Waals surface area contributed by atoms with Crippen molar-refractivity contribution in [2.24, 2.45) is 0 Å². The lowest BCUT2D eigenvalue weighted by atomic mass is 10.0. The van der Waals surface area contributed by atoms with Crippen LogP contribution in [0.1, 0.15) is 16.8 Å². The molecule has 0 aliphatic carbocycles. The van der Waals surface area contributed by atoms with Crippen LogP contribution in [0.5, 0.6) is 0 Å². The lowest BCUT2D eigenvalue weighted by Crippen LogP contribution is -2.24. The molecule has 0 amide bonds. The number of nitrogens with zero attached hydrogens (tertiary/aromatic N) is 3. The Morgan fingerprint density at radius 3 is 2.62 bits per heavy atom. The third-order valence-corrected chi connectivity index (χ3v) is 4.44. The fourth-order valence-corrected chi connectivity index (χ4v) is 3.24. The number of aromatic nitrogens is 2. The molecule has 4 rings (SSSR count). The van der Waals surface area contributed by atoms with Gasteiger partial charge in [-0.15, -0.1) is 0 Å². The zero-order valence-corrected chi connectivity index (χ0v) is 13.4. The molecule has 2 heterocycles. The minimum Gasteiger partial charge on any atom is -0.312 e. The van der Waals surface area contributed by atoms with Crippen molar-refractivity contribution < 1.29 is 0 Å². The summed E-state index contributed by atoms with van der Waals surface area (Å²) in [5.74, 6) is 0. The van der Waals surface area contributed by atoms with Gasteiger partial charge in [-0.3, -0.25) is 0 Å². The van der Waals surface area contributed by atoms with E-state index in [1.807, 2.05) is 30.3 Å². The summed E-state index contributed by atoms with van der Waals surface area (Å²) in [7, 11) is 0. The summed E-state index contributed by atoms with van der Waals surface area (Å²) in [6.45, 7) is 1.82. The Labute approximate surface area is 141 Å². The molecule has 0 fully saturated rings. The third kappa shape index (κ3) is 2.60. The molecule has 4 heteroatoms. The Morgan fingerprint density at radius 1 is 1.08 bits per heavy atom. The van der Waals surface area contributed by atoms with Gasteiger partial charge < -0.3 is 5.32 Å². The summed E-state index contributed by atoms with van der Waals surface area (Å²) in [6, 6.07) is 20.7. The van der Waals surface area contributed by atoms with Crippen molar-refractivity contribution in [3.63, 3.8) is 0 Å². The number of rotatable bonds is 3. The number of fused-ring (bicyclic) bond motifs is 1. The van der Waals surface area contributed by atoms with Crippen molar-refractivity contribution in [3.8, 4) is 23.0 Å². The summed E-state index contributed by atoms with van der Waals surface area (Å²) in [5.41, 5.74) is 6.86. The first kappa shape index (κ1) is 14.7. The normalized spacial score (nSPS) is 13.3. The van der Waals surface area contributed by atoms with Crippen LogP contribution in [0.4, 0.5) is 0 Å². The van der Waals surface area contributed by atoms with E-state index in [2.05, 4.69) is 40.3 Å². The van der Waals surface area contributed by atoms with Crippen LogP contribution >= 0.6 is 0 Å². The van der Waals surface area contributed by atoms with Crippen molar-refractivity contribution in [1.29, 1.82) is 5.26 Å². The zero-order valence-electron chi connectivity index (χ0n) is 13.4. The number of benzene rings is 2. The van der Waals surface area contributed by atoms with Gasteiger partial charge in [-0.05, 0) is 17.7 Å². The maximum absolute atomic E-state index is 8.82. The second-order valence-corrected chi connectivity index (χ2v) is 5.98. The molecule has 0 radical (unpaired) electrons. The summed E-state index contributed by atoms with van der Waals surface area (Å²) < 4.78 is 2.06. The van der Waals surface area contributed by atoms with Gasteiger partial charge in [-0.25, -0.2) is 4.68 Å². The molecule has 0 bridgehead atoms. The van der Waals surface area contributed by atoms with Crippen molar-refractivity contribution in [2.45, 2.75) is 19.4 Å². The molecule has 0 atom stereocenters. The highest BCUT2D eigenvalue weighted by molar-refractivity contribution is 5.65. The fraction of sp³-hybridized carbons (Fsp3) is 0.200. The molecular formula is C20H18N4. The largest absolute Gasteiger partial charge is 0.312 e. The molecule has 3 aromatic rings. The van der Waals surface area contributed by atoms with E-state index in [4.69, 9.17) is 10.4 Å². The molecule has 1 aliphatic rings. The first-order valence-corrected chi connectivity index (χ1v) is 8.20. The number of nitriles is 1. The molecule has 1 aromatic heterocycles. The fourth-order valence-electron chi connectivity index (χ4n) is 3.24. The average Bonchev–Trinajstić information content (AvgIpc) is 3.03. The van der Waals surface area contributed by atoms with Crippen LogP contribution in [0.3, 0.4) is 0 Å². The van der Waals surface area contributed by atoms with E-state index in [9.17, 15) is 0 Å². The molecule has 2 aromatic carbocycles. The first-order valence-electron chi connectivity index (χ1n) is 8.20. The van der Waals surface area contributed by atoms with Crippen molar-refractivity contribution >= 4 is 0 Å². The van der Waals surface area contributed by atoms with Gasteiger partial charge >= 0.3 is 0 Å². The van der Waals surface area contributed by atoms with Crippen LogP contribution in [0, 0.1) is 11.3 Å². The quantitative estimate of drug-likeness (QED) is 0.807. The van der Waals surface area contributed by atoms with E-state index in [1.165, 1.54) is 11.3 Å². The molecule has 1 aliphatic heterocycles. The summed E-state index contributed by atoms with van der Waals surface area (Å²) >= 11 is 0. The van der Waals surface area contributed by atoms with Gasteiger partial charge in [0.2, 0.25) is 0 Å². The number of hydrogen-bond donors (Lipinski definition) is 1. The van der Waals surface area contributed by atoms with E-state index >= 15 is 0 Å². The van der Waals surface area contributed by atoms with Crippen LogP contribution < -0.4 is 5.32 Å². The van der Waals surface area contributed by atoms with E-state index in [-0.39, 0.29) is 0 Å². The first-order chi connectivity index (χ1) is 11.9. The van der Waals surface area contributed by atoms with Gasteiger partial charge in [0.15, 0.2) is 0 Å². The Hall–Kier alpha value is -2.90. The van der Waals surface area contributed by atoms with Crippen LogP contribution in [0.2, 0.25) is 0 Å². The Balaban J connectivity index is 1.81. The van der Waals surface area contributed by atoms with Gasteiger partial charge in [0.1, 0.15) is 0 Å². The molecule has 1 N–H and O–H groups in total. The highest BCUT2D eigenvalue weighted by atomic mass is 15.3. The van der Waals surface area contributed by atoms with Gasteiger partial charge in [0.05, 0.1) is 29.6 Å². The van der Waals surface area contributed by atoms with Crippen LogP contribution in [-0.2, 0) is 19.4 Å². The molecule has 0 unspecified atom stereocenters. The van der Waals surface area contributed by atoms with Crippen LogP contribution in [0.15, 0.2) is 54.6 Å². The van der Waals surface area contributed by atoms with E-state index in [0.717, 1.165) is 42.0 Å². The number of hydrogen-bond acceptors (Lipinski definition) is 3. The smallest absolute Gasteiger partial charge is 0.0975 e. The van der Waals surface area contributed by atoms with E-state index < -0.39 is 0 Å². The molecule has 4 nitrogen and oxygen atoms in total. The van der Waals surface area contributed by atoms with Crippen molar-refractivity contribution in [2.75, 3.05) is 6.54 Å². The Kier molecular flexibility index (Phi) is 3.86. The predicted molar refractivity (Wildman–Crippen MR) is 93.7 cm³/mol. The molecule has 24 heavy (non-hydrogen) atoms. The second kappa shape index (κ2) is 6.31. The van der Waals surface area contributed by atoms with Crippen LogP contribution in [-0.4, -0.2) is 16.3 Å². The van der Waals surface area contributed by atoms with Gasteiger partial charge in [-0.2, -0.15) is 10.4 Å². The maximum Gasteiger partial charge on any atom is 0.0975 e. The standard InChI is InChI=1S/C20H18N4/c21-12-10-15-6-8-17(9-7-15)24-19-11-13-22-14-18(19)20(23-24)16-4-2-1-3-5-16/h1-9,22H,10-11,13-14H2. The van der Waals surface area contributed by atoms with E-state index in [0.29, 0.717) is 6.42 Å². The lowest BCUT2D eigenvalue weighted by molar-refractivity contribution is 0.623. The highest BCUT2D eigenvalue weighted by Gasteiger charge is 2.22. The van der Waals surface area contributed by atoms with Gasteiger partial charge in [0.25, 0.3) is 0 Å². The minimum atomic E-state index is 0.441. The summed E-state index contributed by atoms with van der Waals surface area (Å²) in [4.78, 5) is 0. The second-order valence-electron chi connectivity index (χ2n) is 5.98. The molecular weight excluding hydrogens is 296 g/mol. The topological polar surface area (TPSA) is 53.6 Å². The third-order valence-electron chi connectivity index (χ3n) is 4.44. The monoisotopic (exact) mass is 314 g/mol. The summed E-state index contributed by atoms with van der Waals surface area (Å²) in [6.07, 6.45) is 1.41. The maximum atomic E-state index is 8.82. The Bertz CT molecular complexity index is 886. The van der Waals surface area contributed by atoms with E-state index in [1.54, 1.807) is 0 Å². The molecule has 0 saturated carbocycles. The molecule has 0 saturated heterocycles. The van der Waals surface area contributed by atoms with Gasteiger partial charge in [0, 0.05) is 30.6 Å². The van der Waals surface area contributed by atoms with Crippen molar-refractivity contribution in [3.05, 3.63) is 71.4 Å². The highest BCUT2D eigenvalue weighted by Crippen LogP contribution is 2.29. The average molecular weight is 314 g/mol. The van der Waals surface area contributed by atoms with Gasteiger partial charge in [-0.1, -0.05) is 42.5 Å². The Morgan fingerprint density at radius 2 is 1.88 bits per heavy atom. The lowest BCUT2D eigenvalue weighted by Gasteiger charge is -2.15. The number of nitrogens with one attached hydrogen (secondary N) is 1.